The van der Waals surface area contributed by atoms with Crippen molar-refractivity contribution in [2.45, 2.75) is 0 Å². The van der Waals surface area contributed by atoms with E-state index in [1.165, 1.54) is 33.0 Å². The van der Waals surface area contributed by atoms with Crippen LogP contribution in [0.5, 0.6) is 0 Å². The Balaban J connectivity index is 1.24. The Bertz CT molecular complexity index is 1920. The molecule has 200 valence electrons. The van der Waals surface area contributed by atoms with Gasteiger partial charge in [-0.2, -0.15) is 0 Å². The minimum Gasteiger partial charge on any atom is -0.356 e. The summed E-state index contributed by atoms with van der Waals surface area (Å²) in [7, 11) is 0. The van der Waals surface area contributed by atoms with Crippen molar-refractivity contribution in [2.75, 3.05) is 10.2 Å². The van der Waals surface area contributed by atoms with E-state index in [1.807, 2.05) is 6.07 Å². The van der Waals surface area contributed by atoms with Crippen molar-refractivity contribution in [2.24, 2.45) is 0 Å². The first-order valence-corrected chi connectivity index (χ1v) is 14.3. The quantitative estimate of drug-likeness (QED) is 0.217. The van der Waals surface area contributed by atoms with Gasteiger partial charge >= 0.3 is 0 Å². The van der Waals surface area contributed by atoms with E-state index in [1.54, 1.807) is 0 Å². The highest BCUT2D eigenvalue weighted by atomic mass is 15.1. The number of hydrogen-bond acceptors (Lipinski definition) is 2. The third-order valence-corrected chi connectivity index (χ3v) is 7.62. The van der Waals surface area contributed by atoms with E-state index in [4.69, 9.17) is 0 Å². The largest absolute Gasteiger partial charge is 0.356 e. The van der Waals surface area contributed by atoms with Gasteiger partial charge in [0.15, 0.2) is 0 Å². The van der Waals surface area contributed by atoms with E-state index < -0.39 is 0 Å². The second kappa shape index (κ2) is 11.5. The third-order valence-electron chi connectivity index (χ3n) is 7.62. The first-order chi connectivity index (χ1) is 20.8. The zero-order valence-corrected chi connectivity index (χ0v) is 23.2. The van der Waals surface area contributed by atoms with E-state index in [-0.39, 0.29) is 0 Å². The molecule has 0 amide bonds. The summed E-state index contributed by atoms with van der Waals surface area (Å²) >= 11 is 0. The molecule has 0 saturated heterocycles. The van der Waals surface area contributed by atoms with E-state index in [0.29, 0.717) is 0 Å². The third kappa shape index (κ3) is 5.26. The van der Waals surface area contributed by atoms with Gasteiger partial charge in [0.2, 0.25) is 0 Å². The molecule has 0 aliphatic carbocycles. The highest BCUT2D eigenvalue weighted by molar-refractivity contribution is 5.99. The van der Waals surface area contributed by atoms with Crippen molar-refractivity contribution < 1.29 is 0 Å². The second-order valence-electron chi connectivity index (χ2n) is 10.4. The first-order valence-electron chi connectivity index (χ1n) is 14.3. The summed E-state index contributed by atoms with van der Waals surface area (Å²) in [5, 5.41) is 6.03. The SMILES string of the molecule is c1ccc(-c2ccc(N(c3ccc(Nc4cccc(-c5ccccc5)c4)cc3)c3cccc4ccccc34)cc2)cc1. The van der Waals surface area contributed by atoms with Gasteiger partial charge in [-0.1, -0.05) is 121 Å². The average molecular weight is 539 g/mol. The maximum absolute atomic E-state index is 3.60. The summed E-state index contributed by atoms with van der Waals surface area (Å²) < 4.78 is 0. The normalized spacial score (nSPS) is 10.9. The van der Waals surface area contributed by atoms with Crippen LogP contribution in [0.25, 0.3) is 33.0 Å². The fraction of sp³-hybridized carbons (Fsp3) is 0. The molecule has 0 fully saturated rings. The summed E-state index contributed by atoms with van der Waals surface area (Å²) in [6.45, 7) is 0. The fourth-order valence-corrected chi connectivity index (χ4v) is 5.53. The molecular weight excluding hydrogens is 508 g/mol. The van der Waals surface area contributed by atoms with Crippen LogP contribution in [0.4, 0.5) is 28.4 Å². The molecule has 42 heavy (non-hydrogen) atoms. The molecule has 0 aliphatic heterocycles. The van der Waals surface area contributed by atoms with Crippen molar-refractivity contribution in [1.29, 1.82) is 0 Å². The van der Waals surface area contributed by atoms with Gasteiger partial charge in [-0.05, 0) is 82.2 Å². The van der Waals surface area contributed by atoms with Gasteiger partial charge < -0.3 is 10.2 Å². The summed E-state index contributed by atoms with van der Waals surface area (Å²) in [6, 6.07) is 62.2. The minimum atomic E-state index is 1.04. The summed E-state index contributed by atoms with van der Waals surface area (Å²) in [5.41, 5.74) is 10.3. The van der Waals surface area contributed by atoms with Crippen LogP contribution in [0.15, 0.2) is 176 Å². The lowest BCUT2D eigenvalue weighted by atomic mass is 10.0. The van der Waals surface area contributed by atoms with Crippen molar-refractivity contribution in [3.8, 4) is 22.3 Å². The van der Waals surface area contributed by atoms with E-state index in [2.05, 4.69) is 180 Å². The van der Waals surface area contributed by atoms with Gasteiger partial charge in [-0.3, -0.25) is 0 Å². The molecular formula is C40H30N2. The lowest BCUT2D eigenvalue weighted by Crippen LogP contribution is -2.10. The molecule has 2 nitrogen and oxygen atoms in total. The van der Waals surface area contributed by atoms with Crippen LogP contribution in [0.1, 0.15) is 0 Å². The maximum Gasteiger partial charge on any atom is 0.0540 e. The Hall–Kier alpha value is -5.60. The van der Waals surface area contributed by atoms with Crippen molar-refractivity contribution >= 4 is 39.2 Å². The minimum absolute atomic E-state index is 1.04. The van der Waals surface area contributed by atoms with Crippen LogP contribution in [0.3, 0.4) is 0 Å². The number of benzene rings is 7. The lowest BCUT2D eigenvalue weighted by Gasteiger charge is -2.27. The van der Waals surface area contributed by atoms with Gasteiger partial charge in [0.05, 0.1) is 5.69 Å². The monoisotopic (exact) mass is 538 g/mol. The number of rotatable bonds is 7. The topological polar surface area (TPSA) is 15.3 Å². The molecule has 2 heteroatoms. The molecule has 0 atom stereocenters. The van der Waals surface area contributed by atoms with Crippen molar-refractivity contribution in [1.82, 2.24) is 0 Å². The first kappa shape index (κ1) is 25.4. The predicted octanol–water partition coefficient (Wildman–Crippen LogP) is 11.4. The molecule has 0 aromatic heterocycles. The summed E-state index contributed by atoms with van der Waals surface area (Å²) in [4.78, 5) is 2.34. The molecule has 0 radical (unpaired) electrons. The number of nitrogens with one attached hydrogen (secondary N) is 1. The van der Waals surface area contributed by atoms with E-state index in [0.717, 1.165) is 28.4 Å². The molecule has 7 aromatic rings. The maximum atomic E-state index is 3.60. The molecule has 7 aromatic carbocycles. The molecule has 0 spiro atoms. The number of hydrogen-bond donors (Lipinski definition) is 1. The van der Waals surface area contributed by atoms with Gasteiger partial charge in [0.1, 0.15) is 0 Å². The molecule has 0 aliphatic rings. The van der Waals surface area contributed by atoms with Crippen LogP contribution < -0.4 is 10.2 Å². The lowest BCUT2D eigenvalue weighted by molar-refractivity contribution is 1.30. The number of anilines is 5. The van der Waals surface area contributed by atoms with Crippen molar-refractivity contribution in [3.05, 3.63) is 176 Å². The van der Waals surface area contributed by atoms with Crippen LogP contribution in [0, 0.1) is 0 Å². The van der Waals surface area contributed by atoms with Crippen LogP contribution in [0.2, 0.25) is 0 Å². The Morgan fingerprint density at radius 3 is 1.60 bits per heavy atom. The number of fused-ring (bicyclic) bond motifs is 1. The van der Waals surface area contributed by atoms with E-state index in [9.17, 15) is 0 Å². The number of nitrogens with zero attached hydrogens (tertiary/aromatic N) is 1. The van der Waals surface area contributed by atoms with Gasteiger partial charge in [0, 0.05) is 28.1 Å². The fourth-order valence-electron chi connectivity index (χ4n) is 5.53. The second-order valence-corrected chi connectivity index (χ2v) is 10.4. The molecule has 0 bridgehead atoms. The van der Waals surface area contributed by atoms with Crippen molar-refractivity contribution in [3.63, 3.8) is 0 Å². The Labute approximate surface area is 247 Å². The zero-order valence-electron chi connectivity index (χ0n) is 23.2. The molecule has 7 rings (SSSR count). The smallest absolute Gasteiger partial charge is 0.0540 e. The standard InChI is InChI=1S/C40H30N2/c1-3-11-30(12-4-1)32-21-25-37(26-22-32)42(40-20-10-16-33-15-7-8-19-39(33)40)38-27-23-35(24-28-38)41-36-18-9-17-34(29-36)31-13-5-2-6-14-31/h1-29,41H. The Morgan fingerprint density at radius 2 is 0.881 bits per heavy atom. The molecule has 0 heterocycles. The molecule has 0 unspecified atom stereocenters. The Kier molecular flexibility index (Phi) is 6.94. The van der Waals surface area contributed by atoms with E-state index >= 15 is 0 Å². The highest BCUT2D eigenvalue weighted by Crippen LogP contribution is 2.40. The molecule has 1 N–H and O–H groups in total. The van der Waals surface area contributed by atoms with Crippen LogP contribution in [-0.4, -0.2) is 0 Å². The summed E-state index contributed by atoms with van der Waals surface area (Å²) in [5.74, 6) is 0. The van der Waals surface area contributed by atoms with Gasteiger partial charge in [-0.25, -0.2) is 0 Å². The highest BCUT2D eigenvalue weighted by Gasteiger charge is 2.15. The predicted molar refractivity (Wildman–Crippen MR) is 179 cm³/mol. The summed E-state index contributed by atoms with van der Waals surface area (Å²) in [6.07, 6.45) is 0. The average Bonchev–Trinajstić information content (AvgIpc) is 3.07. The Morgan fingerprint density at radius 1 is 0.357 bits per heavy atom. The van der Waals surface area contributed by atoms with Crippen LogP contribution >= 0.6 is 0 Å². The van der Waals surface area contributed by atoms with Gasteiger partial charge in [-0.15, -0.1) is 0 Å². The molecule has 0 saturated carbocycles. The van der Waals surface area contributed by atoms with Gasteiger partial charge in [0.25, 0.3) is 0 Å². The van der Waals surface area contributed by atoms with Crippen LogP contribution in [-0.2, 0) is 0 Å². The zero-order chi connectivity index (χ0) is 28.1.